The molecule has 1 saturated heterocycles. The molecule has 0 aliphatic carbocycles. The minimum absolute atomic E-state index is 0.0605. The first-order valence-electron chi connectivity index (χ1n) is 8.78. The molecule has 1 atom stereocenters. The third kappa shape index (κ3) is 4.91. The molecule has 4 nitrogen and oxygen atoms in total. The Morgan fingerprint density at radius 3 is 2.73 bits per heavy atom. The first kappa shape index (κ1) is 19.0. The van der Waals surface area contributed by atoms with Crippen LogP contribution in [0.25, 0.3) is 0 Å². The number of likely N-dealkylation sites (tertiary alicyclic amines) is 1. The summed E-state index contributed by atoms with van der Waals surface area (Å²) in [5, 5.41) is 13.9. The average molecular weight is 393 g/mol. The summed E-state index contributed by atoms with van der Waals surface area (Å²) in [6, 6.07) is 12.4. The van der Waals surface area contributed by atoms with E-state index in [2.05, 4.69) is 10.2 Å². The highest BCUT2D eigenvalue weighted by Gasteiger charge is 2.21. The first-order chi connectivity index (χ1) is 12.5. The average Bonchev–Trinajstić information content (AvgIpc) is 2.84. The Hall–Kier alpha value is -1.75. The van der Waals surface area contributed by atoms with Crippen LogP contribution < -0.4 is 5.32 Å². The second-order valence-corrected chi connectivity index (χ2v) is 7.47. The molecule has 138 valence electrons. The zero-order valence-electron chi connectivity index (χ0n) is 14.4. The lowest BCUT2D eigenvalue weighted by Gasteiger charge is -2.25. The molecule has 0 spiro atoms. The number of carbonyl (C=O) groups is 1. The van der Waals surface area contributed by atoms with E-state index in [1.807, 2.05) is 18.2 Å². The van der Waals surface area contributed by atoms with Crippen molar-refractivity contribution in [3.05, 3.63) is 63.6 Å². The van der Waals surface area contributed by atoms with Gasteiger partial charge < -0.3 is 10.4 Å². The van der Waals surface area contributed by atoms with Crippen LogP contribution in [-0.4, -0.2) is 35.0 Å². The van der Waals surface area contributed by atoms with Crippen LogP contribution in [0, 0.1) is 0 Å². The summed E-state index contributed by atoms with van der Waals surface area (Å²) in [4.78, 5) is 14.8. The van der Waals surface area contributed by atoms with Gasteiger partial charge in [-0.05, 0) is 43.7 Å². The van der Waals surface area contributed by atoms with Gasteiger partial charge in [0.15, 0.2) is 0 Å². The highest BCUT2D eigenvalue weighted by Crippen LogP contribution is 2.23. The van der Waals surface area contributed by atoms with E-state index in [0.29, 0.717) is 27.9 Å². The maximum atomic E-state index is 12.5. The van der Waals surface area contributed by atoms with Crippen LogP contribution >= 0.6 is 23.2 Å². The molecule has 1 fully saturated rings. The number of para-hydroxylation sites is 1. The van der Waals surface area contributed by atoms with E-state index in [-0.39, 0.29) is 11.9 Å². The number of phenolic OH excluding ortho intramolecular Hbond substituents is 1. The standard InChI is InChI=1S/C20H22Cl2N2O2/c21-17-9-8-14(11-18(17)22)20(26)23-16-6-3-4-10-24(13-16)12-15-5-1-2-7-19(15)25/h1-2,5,7-9,11,16,25H,3-4,6,10,12-13H2,(H,23,26). The van der Waals surface area contributed by atoms with Gasteiger partial charge in [0.05, 0.1) is 10.0 Å². The van der Waals surface area contributed by atoms with Gasteiger partial charge in [-0.1, -0.05) is 47.8 Å². The number of rotatable bonds is 4. The molecule has 6 heteroatoms. The number of nitrogens with zero attached hydrogens (tertiary/aromatic N) is 1. The van der Waals surface area contributed by atoms with E-state index < -0.39 is 0 Å². The molecular weight excluding hydrogens is 371 g/mol. The normalized spacial score (nSPS) is 18.3. The molecule has 2 aromatic rings. The van der Waals surface area contributed by atoms with Crippen LogP contribution in [0.2, 0.25) is 10.0 Å². The van der Waals surface area contributed by atoms with Gasteiger partial charge >= 0.3 is 0 Å². The molecule has 1 amide bonds. The third-order valence-electron chi connectivity index (χ3n) is 4.66. The molecule has 2 N–H and O–H groups in total. The lowest BCUT2D eigenvalue weighted by atomic mass is 10.1. The van der Waals surface area contributed by atoms with Gasteiger partial charge in [-0.3, -0.25) is 9.69 Å². The molecule has 0 radical (unpaired) electrons. The fourth-order valence-electron chi connectivity index (χ4n) is 3.27. The number of nitrogens with one attached hydrogen (secondary N) is 1. The molecule has 0 bridgehead atoms. The number of amides is 1. The van der Waals surface area contributed by atoms with Crippen molar-refractivity contribution in [2.24, 2.45) is 0 Å². The Balaban J connectivity index is 1.64. The number of carbonyl (C=O) groups excluding carboxylic acids is 1. The Labute approximate surface area is 163 Å². The summed E-state index contributed by atoms with van der Waals surface area (Å²) in [5.74, 6) is 0.172. The molecule has 1 aliphatic heterocycles. The zero-order chi connectivity index (χ0) is 18.5. The lowest BCUT2D eigenvalue weighted by Crippen LogP contribution is -2.42. The fraction of sp³-hybridized carbons (Fsp3) is 0.350. The topological polar surface area (TPSA) is 52.6 Å². The summed E-state index contributed by atoms with van der Waals surface area (Å²) in [5.41, 5.74) is 1.42. The van der Waals surface area contributed by atoms with E-state index in [9.17, 15) is 9.90 Å². The molecule has 1 aliphatic rings. The number of phenols is 1. The number of halogens is 2. The van der Waals surface area contributed by atoms with E-state index in [0.717, 1.165) is 37.9 Å². The van der Waals surface area contributed by atoms with Gasteiger partial charge in [0.2, 0.25) is 0 Å². The monoisotopic (exact) mass is 392 g/mol. The van der Waals surface area contributed by atoms with Crippen molar-refractivity contribution in [2.45, 2.75) is 31.8 Å². The smallest absolute Gasteiger partial charge is 0.251 e. The highest BCUT2D eigenvalue weighted by atomic mass is 35.5. The van der Waals surface area contributed by atoms with E-state index in [4.69, 9.17) is 23.2 Å². The van der Waals surface area contributed by atoms with Gasteiger partial charge in [-0.2, -0.15) is 0 Å². The predicted octanol–water partition coefficient (Wildman–Crippen LogP) is 4.48. The molecule has 1 unspecified atom stereocenters. The largest absolute Gasteiger partial charge is 0.508 e. The Morgan fingerprint density at radius 2 is 1.96 bits per heavy atom. The SMILES string of the molecule is O=C(NC1CCCCN(Cc2ccccc2O)C1)c1ccc(Cl)c(Cl)c1. The Morgan fingerprint density at radius 1 is 1.15 bits per heavy atom. The van der Waals surface area contributed by atoms with Crippen molar-refractivity contribution in [3.8, 4) is 5.75 Å². The lowest BCUT2D eigenvalue weighted by molar-refractivity contribution is 0.0925. The molecule has 26 heavy (non-hydrogen) atoms. The quantitative estimate of drug-likeness (QED) is 0.805. The van der Waals surface area contributed by atoms with Gasteiger partial charge in [0, 0.05) is 30.3 Å². The van der Waals surface area contributed by atoms with Crippen molar-refractivity contribution in [1.29, 1.82) is 0 Å². The van der Waals surface area contributed by atoms with Gasteiger partial charge in [-0.25, -0.2) is 0 Å². The third-order valence-corrected chi connectivity index (χ3v) is 5.40. The zero-order valence-corrected chi connectivity index (χ0v) is 15.9. The van der Waals surface area contributed by atoms with Crippen LogP contribution in [0.1, 0.15) is 35.2 Å². The van der Waals surface area contributed by atoms with E-state index >= 15 is 0 Å². The summed E-state index contributed by atoms with van der Waals surface area (Å²) >= 11 is 11.9. The second kappa shape index (κ2) is 8.76. The van der Waals surface area contributed by atoms with Crippen LogP contribution in [0.15, 0.2) is 42.5 Å². The van der Waals surface area contributed by atoms with Crippen molar-refractivity contribution in [2.75, 3.05) is 13.1 Å². The number of benzene rings is 2. The van der Waals surface area contributed by atoms with Crippen molar-refractivity contribution < 1.29 is 9.90 Å². The Kier molecular flexibility index (Phi) is 6.41. The van der Waals surface area contributed by atoms with Crippen LogP contribution in [0.3, 0.4) is 0 Å². The summed E-state index contributed by atoms with van der Waals surface area (Å²) in [7, 11) is 0. The molecule has 3 rings (SSSR count). The van der Waals surface area contributed by atoms with Crippen molar-refractivity contribution >= 4 is 29.1 Å². The van der Waals surface area contributed by atoms with Crippen molar-refractivity contribution in [1.82, 2.24) is 10.2 Å². The van der Waals surface area contributed by atoms with Gasteiger partial charge in [0.1, 0.15) is 5.75 Å². The van der Waals surface area contributed by atoms with Crippen LogP contribution in [0.5, 0.6) is 5.75 Å². The number of hydrogen-bond acceptors (Lipinski definition) is 3. The fourth-order valence-corrected chi connectivity index (χ4v) is 3.57. The summed E-state index contributed by atoms with van der Waals surface area (Å²) in [6.07, 6.45) is 3.07. The van der Waals surface area contributed by atoms with Crippen LogP contribution in [-0.2, 0) is 6.54 Å². The summed E-state index contributed by atoms with van der Waals surface area (Å²) < 4.78 is 0. The second-order valence-electron chi connectivity index (χ2n) is 6.66. The maximum Gasteiger partial charge on any atom is 0.251 e. The first-order valence-corrected chi connectivity index (χ1v) is 9.53. The molecule has 0 saturated carbocycles. The van der Waals surface area contributed by atoms with Gasteiger partial charge in [-0.15, -0.1) is 0 Å². The summed E-state index contributed by atoms with van der Waals surface area (Å²) in [6.45, 7) is 2.38. The van der Waals surface area contributed by atoms with Gasteiger partial charge in [0.25, 0.3) is 5.91 Å². The molecule has 2 aromatic carbocycles. The minimum atomic E-state index is -0.141. The minimum Gasteiger partial charge on any atom is -0.508 e. The Bertz CT molecular complexity index is 782. The maximum absolute atomic E-state index is 12.5. The molecular formula is C20H22Cl2N2O2. The number of hydrogen-bond donors (Lipinski definition) is 2. The van der Waals surface area contributed by atoms with E-state index in [1.54, 1.807) is 24.3 Å². The number of aromatic hydroxyl groups is 1. The molecule has 1 heterocycles. The molecule has 0 aromatic heterocycles. The van der Waals surface area contributed by atoms with Crippen molar-refractivity contribution in [3.63, 3.8) is 0 Å². The highest BCUT2D eigenvalue weighted by molar-refractivity contribution is 6.42. The predicted molar refractivity (Wildman–Crippen MR) is 105 cm³/mol. The van der Waals surface area contributed by atoms with Crippen LogP contribution in [0.4, 0.5) is 0 Å². The van der Waals surface area contributed by atoms with E-state index in [1.165, 1.54) is 0 Å².